The average Bonchev–Trinajstić information content (AvgIpc) is 3.13. The lowest BCUT2D eigenvalue weighted by Gasteiger charge is -2.08. The molecule has 0 saturated heterocycles. The fourth-order valence-corrected chi connectivity index (χ4v) is 1.96. The molecule has 6 nitrogen and oxygen atoms in total. The molecule has 2 rings (SSSR count). The van der Waals surface area contributed by atoms with Gasteiger partial charge in [0.05, 0.1) is 15.0 Å². The van der Waals surface area contributed by atoms with Crippen molar-refractivity contribution < 1.29 is 14.1 Å². The number of carbonyl (C=O) groups excluding carboxylic acids is 1. The molecule has 0 unspecified atom stereocenters. The molecule has 1 aromatic rings. The molecule has 0 bridgehead atoms. The lowest BCUT2D eigenvalue weighted by molar-refractivity contribution is -0.384. The van der Waals surface area contributed by atoms with Crippen LogP contribution in [-0.4, -0.2) is 23.4 Å². The van der Waals surface area contributed by atoms with Crippen LogP contribution < -0.4 is 10.6 Å². The summed E-state index contributed by atoms with van der Waals surface area (Å²) in [6.45, 7) is -0.114. The number of nitrogens with zero attached hydrogens (tertiary/aromatic N) is 1. The maximum Gasteiger partial charge on any atom is 0.293 e. The normalized spacial score (nSPS) is 14.0. The van der Waals surface area contributed by atoms with Crippen molar-refractivity contribution in [1.29, 1.82) is 0 Å². The van der Waals surface area contributed by atoms with Crippen LogP contribution in [0.15, 0.2) is 12.1 Å². The number of hydrogen-bond donors (Lipinski definition) is 2. The Bertz CT molecular complexity index is 534. The molecule has 1 aromatic carbocycles. The molecule has 19 heavy (non-hydrogen) atoms. The number of anilines is 1. The van der Waals surface area contributed by atoms with Crippen molar-refractivity contribution in [2.75, 3.05) is 11.9 Å². The third kappa shape index (κ3) is 3.75. The van der Waals surface area contributed by atoms with Gasteiger partial charge in [-0.3, -0.25) is 14.9 Å². The van der Waals surface area contributed by atoms with Gasteiger partial charge < -0.3 is 10.6 Å². The highest BCUT2D eigenvalue weighted by Crippen LogP contribution is 2.28. The van der Waals surface area contributed by atoms with Crippen molar-refractivity contribution in [1.82, 2.24) is 5.32 Å². The van der Waals surface area contributed by atoms with Gasteiger partial charge in [0.25, 0.3) is 5.69 Å². The summed E-state index contributed by atoms with van der Waals surface area (Å²) in [5.74, 6) is -0.813. The SMILES string of the molecule is O=C(CNc1cc(F)c(I)cc1[N+](=O)[O-])NC1CC1. The number of benzene rings is 1. The minimum atomic E-state index is -0.608. The number of amides is 1. The summed E-state index contributed by atoms with van der Waals surface area (Å²) >= 11 is 1.68. The second-order valence-electron chi connectivity index (χ2n) is 4.24. The van der Waals surface area contributed by atoms with E-state index in [1.807, 2.05) is 0 Å². The summed E-state index contributed by atoms with van der Waals surface area (Å²) < 4.78 is 13.6. The third-order valence-electron chi connectivity index (χ3n) is 2.62. The lowest BCUT2D eigenvalue weighted by atomic mass is 10.2. The Morgan fingerprint density at radius 1 is 1.53 bits per heavy atom. The van der Waals surface area contributed by atoms with E-state index in [0.717, 1.165) is 25.0 Å². The molecule has 102 valence electrons. The molecule has 1 amide bonds. The van der Waals surface area contributed by atoms with E-state index in [1.54, 1.807) is 22.6 Å². The lowest BCUT2D eigenvalue weighted by Crippen LogP contribution is -2.31. The van der Waals surface area contributed by atoms with Crippen LogP contribution in [0.3, 0.4) is 0 Å². The van der Waals surface area contributed by atoms with Crippen LogP contribution in [0.25, 0.3) is 0 Å². The van der Waals surface area contributed by atoms with Gasteiger partial charge in [-0.2, -0.15) is 0 Å². The fourth-order valence-electron chi connectivity index (χ4n) is 1.51. The summed E-state index contributed by atoms with van der Waals surface area (Å²) in [5.41, 5.74) is -0.237. The number of rotatable bonds is 5. The highest BCUT2D eigenvalue weighted by Gasteiger charge is 2.23. The van der Waals surface area contributed by atoms with Crippen molar-refractivity contribution in [3.05, 3.63) is 31.6 Å². The predicted molar refractivity (Wildman–Crippen MR) is 75.4 cm³/mol. The summed E-state index contributed by atoms with van der Waals surface area (Å²) in [5, 5.41) is 16.2. The number of nitro groups is 1. The molecule has 0 aromatic heterocycles. The van der Waals surface area contributed by atoms with Gasteiger partial charge in [0.1, 0.15) is 11.5 Å². The zero-order valence-electron chi connectivity index (χ0n) is 9.78. The molecule has 1 fully saturated rings. The van der Waals surface area contributed by atoms with Crippen molar-refractivity contribution in [2.45, 2.75) is 18.9 Å². The number of carbonyl (C=O) groups is 1. The molecule has 0 heterocycles. The Morgan fingerprint density at radius 3 is 2.79 bits per heavy atom. The largest absolute Gasteiger partial charge is 0.370 e. The van der Waals surface area contributed by atoms with Gasteiger partial charge in [0, 0.05) is 18.2 Å². The number of hydrogen-bond acceptors (Lipinski definition) is 4. The molecule has 0 atom stereocenters. The van der Waals surface area contributed by atoms with Crippen LogP contribution in [0.2, 0.25) is 0 Å². The second-order valence-corrected chi connectivity index (χ2v) is 5.40. The Labute approximate surface area is 122 Å². The van der Waals surface area contributed by atoms with Gasteiger partial charge in [-0.25, -0.2) is 4.39 Å². The Hall–Kier alpha value is -1.45. The first-order valence-corrected chi connectivity index (χ1v) is 6.72. The maximum atomic E-state index is 13.4. The molecule has 1 aliphatic rings. The first-order valence-electron chi connectivity index (χ1n) is 5.64. The van der Waals surface area contributed by atoms with Crippen LogP contribution >= 0.6 is 22.6 Å². The van der Waals surface area contributed by atoms with Crippen LogP contribution in [0.1, 0.15) is 12.8 Å². The monoisotopic (exact) mass is 379 g/mol. The zero-order chi connectivity index (χ0) is 14.0. The van der Waals surface area contributed by atoms with Crippen LogP contribution in [0.5, 0.6) is 0 Å². The fraction of sp³-hybridized carbons (Fsp3) is 0.364. The molecule has 8 heteroatoms. The van der Waals surface area contributed by atoms with Crippen LogP contribution in [-0.2, 0) is 4.79 Å². The van der Waals surface area contributed by atoms with Crippen molar-refractivity contribution >= 4 is 39.9 Å². The first kappa shape index (κ1) is 14.0. The van der Waals surface area contributed by atoms with E-state index in [-0.39, 0.29) is 33.4 Å². The Kier molecular flexibility index (Phi) is 4.17. The summed E-state index contributed by atoms with van der Waals surface area (Å²) in [6, 6.07) is 2.39. The highest BCUT2D eigenvalue weighted by atomic mass is 127. The van der Waals surface area contributed by atoms with Crippen LogP contribution in [0, 0.1) is 19.5 Å². The topological polar surface area (TPSA) is 84.3 Å². The van der Waals surface area contributed by atoms with Crippen molar-refractivity contribution in [3.8, 4) is 0 Å². The van der Waals surface area contributed by atoms with E-state index in [0.29, 0.717) is 0 Å². The quantitative estimate of drug-likeness (QED) is 0.466. The van der Waals surface area contributed by atoms with Gasteiger partial charge in [-0.05, 0) is 35.4 Å². The highest BCUT2D eigenvalue weighted by molar-refractivity contribution is 14.1. The van der Waals surface area contributed by atoms with Gasteiger partial charge in [0.2, 0.25) is 5.91 Å². The maximum absolute atomic E-state index is 13.4. The number of nitrogens with one attached hydrogen (secondary N) is 2. The van der Waals surface area contributed by atoms with E-state index < -0.39 is 10.7 Å². The second kappa shape index (κ2) is 5.68. The van der Waals surface area contributed by atoms with E-state index in [2.05, 4.69) is 10.6 Å². The van der Waals surface area contributed by atoms with E-state index >= 15 is 0 Å². The molecule has 0 spiro atoms. The van der Waals surface area contributed by atoms with Gasteiger partial charge in [-0.15, -0.1) is 0 Å². The standard InChI is InChI=1S/C11H11FIN3O3/c12-7-3-9(10(16(18)19)4-8(7)13)14-5-11(17)15-6-1-2-6/h3-4,6,14H,1-2,5H2,(H,15,17). The van der Waals surface area contributed by atoms with Gasteiger partial charge in [0.15, 0.2) is 0 Å². The molecule has 0 radical (unpaired) electrons. The molecular weight excluding hydrogens is 368 g/mol. The third-order valence-corrected chi connectivity index (χ3v) is 3.44. The minimum Gasteiger partial charge on any atom is -0.370 e. The smallest absolute Gasteiger partial charge is 0.293 e. The number of halogens is 2. The molecule has 0 aliphatic heterocycles. The molecule has 1 aliphatic carbocycles. The predicted octanol–water partition coefficient (Wildman–Crippen LogP) is 2.03. The summed E-state index contributed by atoms with van der Waals surface area (Å²) in [6.07, 6.45) is 1.92. The number of nitro benzene ring substituents is 1. The average molecular weight is 379 g/mol. The van der Waals surface area contributed by atoms with E-state index in [1.165, 1.54) is 0 Å². The van der Waals surface area contributed by atoms with Crippen LogP contribution in [0.4, 0.5) is 15.8 Å². The van der Waals surface area contributed by atoms with Gasteiger partial charge in [-0.1, -0.05) is 0 Å². The Morgan fingerprint density at radius 2 is 2.21 bits per heavy atom. The van der Waals surface area contributed by atoms with Crippen molar-refractivity contribution in [2.24, 2.45) is 0 Å². The summed E-state index contributed by atoms with van der Waals surface area (Å²) in [4.78, 5) is 21.7. The van der Waals surface area contributed by atoms with Gasteiger partial charge >= 0.3 is 0 Å². The molecular formula is C11H11FIN3O3. The Balaban J connectivity index is 2.07. The molecule has 2 N–H and O–H groups in total. The zero-order valence-corrected chi connectivity index (χ0v) is 11.9. The molecule has 1 saturated carbocycles. The van der Waals surface area contributed by atoms with Crippen molar-refractivity contribution in [3.63, 3.8) is 0 Å². The summed E-state index contributed by atoms with van der Waals surface area (Å²) in [7, 11) is 0. The minimum absolute atomic E-state index is 0.00821. The van der Waals surface area contributed by atoms with E-state index in [4.69, 9.17) is 0 Å². The first-order chi connectivity index (χ1) is 8.97. The van der Waals surface area contributed by atoms with E-state index in [9.17, 15) is 19.3 Å².